The van der Waals surface area contributed by atoms with E-state index in [2.05, 4.69) is 20.7 Å². The number of carbonyl (C=O) groups is 3. The van der Waals surface area contributed by atoms with Crippen molar-refractivity contribution in [3.8, 4) is 5.69 Å². The smallest absolute Gasteiger partial charge is 0.339 e. The van der Waals surface area contributed by atoms with Gasteiger partial charge in [-0.25, -0.2) is 19.3 Å². The van der Waals surface area contributed by atoms with E-state index in [1.807, 2.05) is 0 Å². The number of hydrogen-bond acceptors (Lipinski definition) is 6. The lowest BCUT2D eigenvalue weighted by molar-refractivity contribution is -0.129. The van der Waals surface area contributed by atoms with Crippen molar-refractivity contribution in [3.05, 3.63) is 78.4 Å². The third-order valence-corrected chi connectivity index (χ3v) is 3.93. The van der Waals surface area contributed by atoms with Gasteiger partial charge in [0.15, 0.2) is 0 Å². The van der Waals surface area contributed by atoms with Gasteiger partial charge in [0.05, 0.1) is 11.3 Å². The molecule has 1 atom stereocenters. The SMILES string of the molecule is CCNC(=O)NC(=O)[C@H](OC(=O)c1ccc(-n2cncn2)cc1)c1ccccc1. The number of nitrogens with one attached hydrogen (secondary N) is 2. The number of carbonyl (C=O) groups excluding carboxylic acids is 3. The first-order valence-corrected chi connectivity index (χ1v) is 8.88. The lowest BCUT2D eigenvalue weighted by atomic mass is 10.1. The summed E-state index contributed by atoms with van der Waals surface area (Å²) in [6, 6.07) is 14.3. The molecule has 0 radical (unpaired) electrons. The molecule has 0 bridgehead atoms. The van der Waals surface area contributed by atoms with Gasteiger partial charge in [-0.1, -0.05) is 30.3 Å². The van der Waals surface area contributed by atoms with Crippen molar-refractivity contribution in [2.45, 2.75) is 13.0 Å². The minimum absolute atomic E-state index is 0.251. The van der Waals surface area contributed by atoms with Crippen molar-refractivity contribution >= 4 is 17.9 Å². The van der Waals surface area contributed by atoms with Crippen LogP contribution in [0.1, 0.15) is 28.9 Å². The van der Waals surface area contributed by atoms with Crippen LogP contribution in [0, 0.1) is 0 Å². The van der Waals surface area contributed by atoms with E-state index in [4.69, 9.17) is 4.74 Å². The van der Waals surface area contributed by atoms with Crippen molar-refractivity contribution in [2.24, 2.45) is 0 Å². The first-order valence-electron chi connectivity index (χ1n) is 8.88. The molecule has 0 aliphatic rings. The predicted octanol–water partition coefficient (Wildman–Crippen LogP) is 2.01. The van der Waals surface area contributed by atoms with E-state index in [9.17, 15) is 14.4 Å². The molecule has 0 aliphatic carbocycles. The van der Waals surface area contributed by atoms with Crippen LogP contribution in [-0.4, -0.2) is 39.2 Å². The first kappa shape index (κ1) is 19.7. The zero-order valence-electron chi connectivity index (χ0n) is 15.6. The van der Waals surface area contributed by atoms with Gasteiger partial charge in [-0.15, -0.1) is 0 Å². The molecule has 3 aromatic rings. The average molecular weight is 393 g/mol. The average Bonchev–Trinajstić information content (AvgIpc) is 3.27. The molecule has 3 rings (SSSR count). The maximum atomic E-state index is 12.6. The molecule has 0 unspecified atom stereocenters. The largest absolute Gasteiger partial charge is 0.444 e. The summed E-state index contributed by atoms with van der Waals surface area (Å²) < 4.78 is 6.97. The fourth-order valence-corrected chi connectivity index (χ4v) is 2.55. The Morgan fingerprint density at radius 1 is 1.07 bits per heavy atom. The van der Waals surface area contributed by atoms with Gasteiger partial charge in [0.25, 0.3) is 5.91 Å². The zero-order chi connectivity index (χ0) is 20.6. The van der Waals surface area contributed by atoms with Crippen LogP contribution >= 0.6 is 0 Å². The van der Waals surface area contributed by atoms with Crippen molar-refractivity contribution in [1.29, 1.82) is 0 Å². The Morgan fingerprint density at radius 3 is 2.41 bits per heavy atom. The molecular formula is C20H19N5O4. The molecule has 1 aromatic heterocycles. The molecule has 2 N–H and O–H groups in total. The first-order chi connectivity index (χ1) is 14.1. The van der Waals surface area contributed by atoms with E-state index < -0.39 is 24.0 Å². The number of esters is 1. The van der Waals surface area contributed by atoms with E-state index in [-0.39, 0.29) is 5.56 Å². The van der Waals surface area contributed by atoms with E-state index in [1.165, 1.54) is 12.7 Å². The Kier molecular flexibility index (Phi) is 6.31. The van der Waals surface area contributed by atoms with Gasteiger partial charge in [-0.3, -0.25) is 10.1 Å². The highest BCUT2D eigenvalue weighted by atomic mass is 16.5. The van der Waals surface area contributed by atoms with E-state index in [0.29, 0.717) is 17.8 Å². The highest BCUT2D eigenvalue weighted by molar-refractivity contribution is 5.99. The van der Waals surface area contributed by atoms with Crippen molar-refractivity contribution < 1.29 is 19.1 Å². The van der Waals surface area contributed by atoms with E-state index in [0.717, 1.165) is 0 Å². The molecule has 9 nitrogen and oxygen atoms in total. The number of hydrogen-bond donors (Lipinski definition) is 2. The Morgan fingerprint density at radius 2 is 1.79 bits per heavy atom. The Hall–Kier alpha value is -4.01. The highest BCUT2D eigenvalue weighted by Gasteiger charge is 2.27. The maximum Gasteiger partial charge on any atom is 0.339 e. The molecular weight excluding hydrogens is 374 g/mol. The maximum absolute atomic E-state index is 12.6. The van der Waals surface area contributed by atoms with Crippen LogP contribution < -0.4 is 10.6 Å². The van der Waals surface area contributed by atoms with Gasteiger partial charge in [0, 0.05) is 12.1 Å². The fraction of sp³-hybridized carbons (Fsp3) is 0.150. The molecule has 0 spiro atoms. The molecule has 0 fully saturated rings. The Balaban J connectivity index is 1.77. The van der Waals surface area contributed by atoms with Gasteiger partial charge in [-0.2, -0.15) is 5.10 Å². The second-order valence-electron chi connectivity index (χ2n) is 5.93. The second kappa shape index (κ2) is 9.27. The number of amides is 3. The van der Waals surface area contributed by atoms with Crippen LogP contribution in [0.15, 0.2) is 67.3 Å². The molecule has 0 saturated carbocycles. The number of imide groups is 1. The van der Waals surface area contributed by atoms with Gasteiger partial charge in [0.1, 0.15) is 12.7 Å². The number of rotatable bonds is 6. The van der Waals surface area contributed by atoms with Crippen LogP contribution in [0.25, 0.3) is 5.69 Å². The standard InChI is InChI=1S/C20H19N5O4/c1-2-22-20(28)24-18(26)17(14-6-4-3-5-7-14)29-19(27)15-8-10-16(11-9-15)25-13-21-12-23-25/h3-13,17H,2H2,1H3,(H2,22,24,26,28)/t17-/m1/s1. The Labute approximate surface area is 166 Å². The lowest BCUT2D eigenvalue weighted by Gasteiger charge is -2.18. The van der Waals surface area contributed by atoms with Crippen molar-refractivity contribution in [3.63, 3.8) is 0 Å². The van der Waals surface area contributed by atoms with Crippen LogP contribution in [0.2, 0.25) is 0 Å². The molecule has 29 heavy (non-hydrogen) atoms. The molecule has 0 aliphatic heterocycles. The normalized spacial score (nSPS) is 11.3. The minimum atomic E-state index is -1.28. The lowest BCUT2D eigenvalue weighted by Crippen LogP contribution is -2.42. The third-order valence-electron chi connectivity index (χ3n) is 3.93. The summed E-state index contributed by atoms with van der Waals surface area (Å²) in [6.07, 6.45) is 1.66. The third kappa shape index (κ3) is 5.04. The summed E-state index contributed by atoms with van der Waals surface area (Å²) in [6.45, 7) is 2.08. The number of nitrogens with zero attached hydrogens (tertiary/aromatic N) is 3. The van der Waals surface area contributed by atoms with Crippen LogP contribution in [0.4, 0.5) is 4.79 Å². The van der Waals surface area contributed by atoms with Crippen LogP contribution in [-0.2, 0) is 9.53 Å². The Bertz CT molecular complexity index is 972. The van der Waals surface area contributed by atoms with Gasteiger partial charge in [0.2, 0.25) is 6.10 Å². The van der Waals surface area contributed by atoms with Crippen molar-refractivity contribution in [1.82, 2.24) is 25.4 Å². The molecule has 2 aromatic carbocycles. The minimum Gasteiger partial charge on any atom is -0.444 e. The second-order valence-corrected chi connectivity index (χ2v) is 5.93. The summed E-state index contributed by atoms with van der Waals surface area (Å²) >= 11 is 0. The number of ether oxygens (including phenoxy) is 1. The summed E-state index contributed by atoms with van der Waals surface area (Å²) in [5, 5.41) is 8.66. The summed E-state index contributed by atoms with van der Waals surface area (Å²) in [5.74, 6) is -1.44. The molecule has 0 saturated heterocycles. The predicted molar refractivity (Wildman–Crippen MR) is 103 cm³/mol. The number of benzene rings is 2. The fourth-order valence-electron chi connectivity index (χ4n) is 2.55. The molecule has 148 valence electrons. The number of aromatic nitrogens is 3. The van der Waals surface area contributed by atoms with Gasteiger partial charge < -0.3 is 10.1 Å². The van der Waals surface area contributed by atoms with E-state index in [1.54, 1.807) is 66.2 Å². The topological polar surface area (TPSA) is 115 Å². The summed E-state index contributed by atoms with van der Waals surface area (Å²) in [5.41, 5.74) is 1.41. The quantitative estimate of drug-likeness (QED) is 0.619. The molecule has 3 amide bonds. The summed E-state index contributed by atoms with van der Waals surface area (Å²) in [7, 11) is 0. The van der Waals surface area contributed by atoms with Crippen LogP contribution in [0.5, 0.6) is 0 Å². The van der Waals surface area contributed by atoms with E-state index >= 15 is 0 Å². The molecule has 9 heteroatoms. The number of urea groups is 1. The van der Waals surface area contributed by atoms with Gasteiger partial charge in [-0.05, 0) is 31.2 Å². The van der Waals surface area contributed by atoms with Crippen molar-refractivity contribution in [2.75, 3.05) is 6.54 Å². The highest BCUT2D eigenvalue weighted by Crippen LogP contribution is 2.20. The monoisotopic (exact) mass is 393 g/mol. The van der Waals surface area contributed by atoms with Crippen LogP contribution in [0.3, 0.4) is 0 Å². The zero-order valence-corrected chi connectivity index (χ0v) is 15.6. The van der Waals surface area contributed by atoms with Gasteiger partial charge >= 0.3 is 12.0 Å². The summed E-state index contributed by atoms with van der Waals surface area (Å²) in [4.78, 5) is 40.7. The molecule has 1 heterocycles.